The van der Waals surface area contributed by atoms with Crippen LogP contribution in [-0.4, -0.2) is 60.0 Å². The first-order valence-electron chi connectivity index (χ1n) is 7.67. The maximum atomic E-state index is 5.49. The standard InChI is InChI=1S/C15H22N6S/c1-11-10-16-7-9-21(11)15(22)19-18-12-5-8-20(2)13-4-3-6-17-14(12)13/h3-4,6,11,16H,5,7-10H2,1-2H3,(H,19,22)/b18-12-. The molecule has 1 aromatic rings. The summed E-state index contributed by atoms with van der Waals surface area (Å²) in [6.45, 7) is 5.93. The molecule has 1 atom stereocenters. The molecule has 0 bridgehead atoms. The van der Waals surface area contributed by atoms with Crippen LogP contribution in [0.2, 0.25) is 0 Å². The lowest BCUT2D eigenvalue weighted by Gasteiger charge is -2.35. The molecule has 0 aromatic carbocycles. The van der Waals surface area contributed by atoms with Crippen molar-refractivity contribution in [2.75, 3.05) is 38.1 Å². The van der Waals surface area contributed by atoms with Crippen LogP contribution >= 0.6 is 12.2 Å². The summed E-state index contributed by atoms with van der Waals surface area (Å²) < 4.78 is 0. The van der Waals surface area contributed by atoms with Crippen molar-refractivity contribution in [1.82, 2.24) is 20.6 Å². The Morgan fingerprint density at radius 1 is 1.50 bits per heavy atom. The molecular weight excluding hydrogens is 296 g/mol. The van der Waals surface area contributed by atoms with E-state index in [9.17, 15) is 0 Å². The lowest BCUT2D eigenvalue weighted by Crippen LogP contribution is -2.54. The zero-order valence-corrected chi connectivity index (χ0v) is 13.9. The first-order valence-corrected chi connectivity index (χ1v) is 8.08. The van der Waals surface area contributed by atoms with Crippen molar-refractivity contribution >= 4 is 28.7 Å². The molecule has 0 amide bonds. The van der Waals surface area contributed by atoms with E-state index in [1.54, 1.807) is 0 Å². The molecule has 0 radical (unpaired) electrons. The van der Waals surface area contributed by atoms with Crippen LogP contribution in [0.4, 0.5) is 5.69 Å². The van der Waals surface area contributed by atoms with Crippen LogP contribution in [0.15, 0.2) is 23.4 Å². The summed E-state index contributed by atoms with van der Waals surface area (Å²) in [7, 11) is 2.08. The molecule has 0 saturated carbocycles. The van der Waals surface area contributed by atoms with E-state index in [4.69, 9.17) is 12.2 Å². The third-order valence-electron chi connectivity index (χ3n) is 4.20. The van der Waals surface area contributed by atoms with Gasteiger partial charge in [-0.3, -0.25) is 10.4 Å². The van der Waals surface area contributed by atoms with Gasteiger partial charge in [-0.05, 0) is 31.3 Å². The van der Waals surface area contributed by atoms with Gasteiger partial charge in [-0.1, -0.05) is 0 Å². The fourth-order valence-corrected chi connectivity index (χ4v) is 3.19. The molecular formula is C15H22N6S. The predicted octanol–water partition coefficient (Wildman–Crippen LogP) is 0.794. The molecule has 1 saturated heterocycles. The third-order valence-corrected chi connectivity index (χ3v) is 4.53. The molecule has 0 aliphatic carbocycles. The van der Waals surface area contributed by atoms with Gasteiger partial charge in [-0.2, -0.15) is 5.10 Å². The van der Waals surface area contributed by atoms with Crippen molar-refractivity contribution in [3.63, 3.8) is 0 Å². The predicted molar refractivity (Wildman–Crippen MR) is 93.4 cm³/mol. The van der Waals surface area contributed by atoms with Crippen molar-refractivity contribution < 1.29 is 0 Å². The van der Waals surface area contributed by atoms with Crippen molar-refractivity contribution in [2.24, 2.45) is 5.10 Å². The molecule has 1 aromatic heterocycles. The molecule has 3 heterocycles. The van der Waals surface area contributed by atoms with Crippen LogP contribution in [0.25, 0.3) is 0 Å². The summed E-state index contributed by atoms with van der Waals surface area (Å²) >= 11 is 5.49. The van der Waals surface area contributed by atoms with Gasteiger partial charge in [-0.15, -0.1) is 0 Å². The number of aromatic nitrogens is 1. The van der Waals surface area contributed by atoms with Gasteiger partial charge in [-0.25, -0.2) is 0 Å². The van der Waals surface area contributed by atoms with Crippen LogP contribution < -0.4 is 15.6 Å². The molecule has 7 heteroatoms. The van der Waals surface area contributed by atoms with Crippen LogP contribution in [0.3, 0.4) is 0 Å². The van der Waals surface area contributed by atoms with Crippen molar-refractivity contribution in [1.29, 1.82) is 0 Å². The molecule has 2 aliphatic rings. The minimum atomic E-state index is 0.386. The topological polar surface area (TPSA) is 55.8 Å². The van der Waals surface area contributed by atoms with Crippen molar-refractivity contribution in [3.05, 3.63) is 24.0 Å². The Morgan fingerprint density at radius 2 is 2.36 bits per heavy atom. The van der Waals surface area contributed by atoms with Gasteiger partial charge in [0.25, 0.3) is 0 Å². The number of rotatable bonds is 1. The normalized spacial score (nSPS) is 23.4. The largest absolute Gasteiger partial charge is 0.372 e. The first-order chi connectivity index (χ1) is 10.7. The summed E-state index contributed by atoms with van der Waals surface area (Å²) in [4.78, 5) is 8.87. The molecule has 2 N–H and O–H groups in total. The van der Waals surface area contributed by atoms with Gasteiger partial charge in [0, 0.05) is 51.9 Å². The van der Waals surface area contributed by atoms with E-state index in [-0.39, 0.29) is 0 Å². The van der Waals surface area contributed by atoms with Crippen molar-refractivity contribution in [2.45, 2.75) is 19.4 Å². The van der Waals surface area contributed by atoms with E-state index in [1.165, 1.54) is 0 Å². The number of fused-ring (bicyclic) bond motifs is 1. The van der Waals surface area contributed by atoms with E-state index in [0.29, 0.717) is 11.2 Å². The zero-order chi connectivity index (χ0) is 15.5. The lowest BCUT2D eigenvalue weighted by molar-refractivity contribution is 0.271. The second-order valence-corrected chi connectivity index (χ2v) is 6.15. The number of pyridine rings is 1. The molecule has 0 spiro atoms. The highest BCUT2D eigenvalue weighted by atomic mass is 32.1. The zero-order valence-electron chi connectivity index (χ0n) is 13.0. The Kier molecular flexibility index (Phi) is 4.54. The van der Waals surface area contributed by atoms with Crippen LogP contribution in [0.1, 0.15) is 19.0 Å². The highest BCUT2D eigenvalue weighted by molar-refractivity contribution is 7.80. The monoisotopic (exact) mass is 318 g/mol. The minimum Gasteiger partial charge on any atom is -0.372 e. The molecule has 2 aliphatic heterocycles. The van der Waals surface area contributed by atoms with Gasteiger partial charge in [0.15, 0.2) is 5.11 Å². The number of hydrogen-bond donors (Lipinski definition) is 2. The number of nitrogens with one attached hydrogen (secondary N) is 2. The van der Waals surface area contributed by atoms with E-state index in [0.717, 1.165) is 49.7 Å². The molecule has 3 rings (SSSR count). The average molecular weight is 318 g/mol. The van der Waals surface area contributed by atoms with Crippen molar-refractivity contribution in [3.8, 4) is 0 Å². The number of thiocarbonyl (C=S) groups is 1. The summed E-state index contributed by atoms with van der Waals surface area (Å²) in [6, 6.07) is 4.42. The van der Waals surface area contributed by atoms with Gasteiger partial charge >= 0.3 is 0 Å². The quantitative estimate of drug-likeness (QED) is 0.590. The van der Waals surface area contributed by atoms with E-state index in [2.05, 4.69) is 50.7 Å². The lowest BCUT2D eigenvalue weighted by atomic mass is 10.1. The highest BCUT2D eigenvalue weighted by Gasteiger charge is 2.22. The smallest absolute Gasteiger partial charge is 0.189 e. The molecule has 6 nitrogen and oxygen atoms in total. The number of nitrogens with zero attached hydrogens (tertiary/aromatic N) is 4. The average Bonchev–Trinajstić information content (AvgIpc) is 2.55. The Labute approximate surface area is 136 Å². The van der Waals surface area contributed by atoms with Crippen LogP contribution in [0.5, 0.6) is 0 Å². The fourth-order valence-electron chi connectivity index (χ4n) is 2.87. The number of hydrogen-bond acceptors (Lipinski definition) is 5. The Hall–Kier alpha value is -1.73. The molecule has 22 heavy (non-hydrogen) atoms. The van der Waals surface area contributed by atoms with Gasteiger partial charge in [0.2, 0.25) is 0 Å². The SMILES string of the molecule is CC1CNCCN1C(=S)N/N=C1/CCN(C)c2cccnc21. The maximum Gasteiger partial charge on any atom is 0.189 e. The van der Waals surface area contributed by atoms with Gasteiger partial charge in [0.05, 0.1) is 11.4 Å². The van der Waals surface area contributed by atoms with E-state index >= 15 is 0 Å². The highest BCUT2D eigenvalue weighted by Crippen LogP contribution is 2.23. The Morgan fingerprint density at radius 3 is 3.18 bits per heavy atom. The summed E-state index contributed by atoms with van der Waals surface area (Å²) in [5.41, 5.74) is 6.10. The Balaban J connectivity index is 1.73. The molecule has 1 unspecified atom stereocenters. The summed E-state index contributed by atoms with van der Waals surface area (Å²) in [6.07, 6.45) is 2.68. The number of anilines is 1. The molecule has 118 valence electrons. The molecule has 1 fully saturated rings. The second-order valence-electron chi connectivity index (χ2n) is 5.76. The van der Waals surface area contributed by atoms with E-state index in [1.807, 2.05) is 12.3 Å². The van der Waals surface area contributed by atoms with E-state index < -0.39 is 0 Å². The third kappa shape index (κ3) is 3.05. The summed E-state index contributed by atoms with van der Waals surface area (Å²) in [5, 5.41) is 8.60. The second kappa shape index (κ2) is 6.58. The number of hydrazone groups is 1. The first kappa shape index (κ1) is 15.2. The van der Waals surface area contributed by atoms with Crippen LogP contribution in [-0.2, 0) is 0 Å². The Bertz CT molecular complexity index is 587. The number of piperazine rings is 1. The van der Waals surface area contributed by atoms with Gasteiger partial charge in [0.1, 0.15) is 5.69 Å². The summed E-state index contributed by atoms with van der Waals surface area (Å²) in [5.74, 6) is 0. The fraction of sp³-hybridized carbons (Fsp3) is 0.533. The maximum absolute atomic E-state index is 5.49. The van der Waals surface area contributed by atoms with Crippen LogP contribution in [0, 0.1) is 0 Å². The minimum absolute atomic E-state index is 0.386. The van der Waals surface area contributed by atoms with Gasteiger partial charge < -0.3 is 15.1 Å².